The molecule has 7 heteroatoms. The van der Waals surface area contributed by atoms with Gasteiger partial charge in [-0.15, -0.1) is 0 Å². The van der Waals surface area contributed by atoms with E-state index in [0.717, 1.165) is 11.8 Å². The van der Waals surface area contributed by atoms with E-state index in [0.29, 0.717) is 28.4 Å². The van der Waals surface area contributed by atoms with Crippen LogP contribution >= 0.6 is 0 Å². The largest absolute Gasteiger partial charge is 0.454 e. The van der Waals surface area contributed by atoms with Crippen molar-refractivity contribution in [3.63, 3.8) is 0 Å². The van der Waals surface area contributed by atoms with Crippen LogP contribution in [-0.2, 0) is 10.0 Å². The molecule has 2 aromatic rings. The second kappa shape index (κ2) is 5.27. The lowest BCUT2D eigenvalue weighted by atomic mass is 10.1. The molecule has 1 aliphatic heterocycles. The van der Waals surface area contributed by atoms with Gasteiger partial charge >= 0.3 is 0 Å². The van der Waals surface area contributed by atoms with Crippen LogP contribution in [0.25, 0.3) is 0 Å². The maximum Gasteiger partial charge on any atom is 0.261 e. The van der Waals surface area contributed by atoms with Crippen LogP contribution in [0.1, 0.15) is 15.9 Å². The molecular formula is C16H16N2O4S. The number of carbonyl (C=O) groups excluding carboxylic acids is 1. The lowest BCUT2D eigenvalue weighted by Crippen LogP contribution is -2.25. The van der Waals surface area contributed by atoms with Gasteiger partial charge in [0.25, 0.3) is 5.91 Å². The number of ether oxygens (including phenoxy) is 1. The van der Waals surface area contributed by atoms with E-state index >= 15 is 0 Å². The third kappa shape index (κ3) is 3.00. The lowest BCUT2D eigenvalue weighted by molar-refractivity contribution is 0.0993. The van der Waals surface area contributed by atoms with Crippen LogP contribution in [0.2, 0.25) is 0 Å². The SMILES string of the molecule is Cc1ccc2c(c1)N(C)C(=O)c1cc(NS(C)(=O)=O)ccc1O2. The summed E-state index contributed by atoms with van der Waals surface area (Å²) in [6, 6.07) is 10.2. The first-order chi connectivity index (χ1) is 10.7. The van der Waals surface area contributed by atoms with Crippen molar-refractivity contribution in [2.75, 3.05) is 22.9 Å². The molecule has 0 fully saturated rings. The Morgan fingerprint density at radius 3 is 2.48 bits per heavy atom. The van der Waals surface area contributed by atoms with Gasteiger partial charge < -0.3 is 9.64 Å². The third-order valence-corrected chi connectivity index (χ3v) is 4.12. The average Bonchev–Trinajstić information content (AvgIpc) is 2.56. The zero-order chi connectivity index (χ0) is 16.8. The number of carbonyl (C=O) groups is 1. The van der Waals surface area contributed by atoms with Crippen LogP contribution < -0.4 is 14.4 Å². The van der Waals surface area contributed by atoms with Crippen LogP contribution in [-0.4, -0.2) is 27.6 Å². The molecule has 1 heterocycles. The molecule has 0 aromatic heterocycles. The highest BCUT2D eigenvalue weighted by Crippen LogP contribution is 2.39. The number of hydrogen-bond acceptors (Lipinski definition) is 4. The molecule has 3 rings (SSSR count). The summed E-state index contributed by atoms with van der Waals surface area (Å²) in [5, 5.41) is 0. The molecule has 0 saturated carbocycles. The molecule has 0 aliphatic carbocycles. The Balaban J connectivity index is 2.10. The summed E-state index contributed by atoms with van der Waals surface area (Å²) < 4.78 is 30.9. The Kier molecular flexibility index (Phi) is 3.52. The predicted molar refractivity (Wildman–Crippen MR) is 88.9 cm³/mol. The van der Waals surface area contributed by atoms with Gasteiger partial charge in [0.05, 0.1) is 17.5 Å². The first kappa shape index (κ1) is 15.4. The standard InChI is InChI=1S/C16H16N2O4S/c1-10-4-6-15-13(8-10)18(2)16(19)12-9-11(17-23(3,20)21)5-7-14(12)22-15/h4-9,17H,1-3H3. The fourth-order valence-electron chi connectivity index (χ4n) is 2.45. The fraction of sp³-hybridized carbons (Fsp3) is 0.188. The smallest absolute Gasteiger partial charge is 0.261 e. The molecule has 1 N–H and O–H groups in total. The summed E-state index contributed by atoms with van der Waals surface area (Å²) in [5.41, 5.74) is 2.30. The van der Waals surface area contributed by atoms with Crippen molar-refractivity contribution >= 4 is 27.3 Å². The van der Waals surface area contributed by atoms with E-state index in [1.807, 2.05) is 25.1 Å². The second-order valence-corrected chi connectivity index (χ2v) is 7.27. The van der Waals surface area contributed by atoms with Crippen molar-refractivity contribution in [2.45, 2.75) is 6.92 Å². The van der Waals surface area contributed by atoms with Crippen molar-refractivity contribution in [1.29, 1.82) is 0 Å². The highest BCUT2D eigenvalue weighted by molar-refractivity contribution is 7.92. The van der Waals surface area contributed by atoms with Gasteiger partial charge in [-0.05, 0) is 42.8 Å². The number of rotatable bonds is 2. The van der Waals surface area contributed by atoms with Crippen LogP contribution in [0.15, 0.2) is 36.4 Å². The first-order valence-corrected chi connectivity index (χ1v) is 8.82. The van der Waals surface area contributed by atoms with E-state index in [2.05, 4.69) is 4.72 Å². The molecule has 0 radical (unpaired) electrons. The quantitative estimate of drug-likeness (QED) is 0.917. The minimum atomic E-state index is -3.42. The van der Waals surface area contributed by atoms with Crippen molar-refractivity contribution in [2.24, 2.45) is 0 Å². The van der Waals surface area contributed by atoms with Crippen LogP contribution in [0.4, 0.5) is 11.4 Å². The molecule has 0 unspecified atom stereocenters. The van der Waals surface area contributed by atoms with Gasteiger partial charge in [-0.1, -0.05) is 6.07 Å². The molecule has 0 spiro atoms. The summed E-state index contributed by atoms with van der Waals surface area (Å²) in [6.07, 6.45) is 1.06. The van der Waals surface area contributed by atoms with Gasteiger partial charge in [0, 0.05) is 12.7 Å². The molecule has 1 amide bonds. The Bertz CT molecular complexity index is 906. The van der Waals surface area contributed by atoms with E-state index in [-0.39, 0.29) is 5.91 Å². The highest BCUT2D eigenvalue weighted by atomic mass is 32.2. The number of benzene rings is 2. The van der Waals surface area contributed by atoms with Gasteiger partial charge in [0.15, 0.2) is 5.75 Å². The van der Waals surface area contributed by atoms with E-state index in [4.69, 9.17) is 4.74 Å². The Labute approximate surface area is 134 Å². The zero-order valence-electron chi connectivity index (χ0n) is 13.0. The Hall–Kier alpha value is -2.54. The van der Waals surface area contributed by atoms with Crippen LogP contribution in [0.5, 0.6) is 11.5 Å². The van der Waals surface area contributed by atoms with Crippen molar-refractivity contribution in [3.05, 3.63) is 47.5 Å². The molecule has 1 aliphatic rings. The van der Waals surface area contributed by atoms with E-state index in [9.17, 15) is 13.2 Å². The summed E-state index contributed by atoms with van der Waals surface area (Å²) in [4.78, 5) is 14.2. The highest BCUT2D eigenvalue weighted by Gasteiger charge is 2.26. The molecular weight excluding hydrogens is 316 g/mol. The molecule has 0 atom stereocenters. The van der Waals surface area contributed by atoms with Gasteiger partial charge in [-0.3, -0.25) is 9.52 Å². The second-order valence-electron chi connectivity index (χ2n) is 5.52. The maximum absolute atomic E-state index is 12.7. The number of hydrogen-bond donors (Lipinski definition) is 1. The van der Waals surface area contributed by atoms with E-state index < -0.39 is 10.0 Å². The number of nitrogens with zero attached hydrogens (tertiary/aromatic N) is 1. The van der Waals surface area contributed by atoms with Crippen molar-refractivity contribution < 1.29 is 17.9 Å². The Morgan fingerprint density at radius 1 is 1.09 bits per heavy atom. The van der Waals surface area contributed by atoms with Gasteiger partial charge in [0.2, 0.25) is 10.0 Å². The summed E-state index contributed by atoms with van der Waals surface area (Å²) in [6.45, 7) is 1.94. The Morgan fingerprint density at radius 2 is 1.78 bits per heavy atom. The van der Waals surface area contributed by atoms with Gasteiger partial charge in [0.1, 0.15) is 5.75 Å². The maximum atomic E-state index is 12.7. The number of amides is 1. The summed E-state index contributed by atoms with van der Waals surface area (Å²) in [5.74, 6) is 0.707. The topological polar surface area (TPSA) is 75.7 Å². The van der Waals surface area contributed by atoms with E-state index in [1.165, 1.54) is 11.0 Å². The van der Waals surface area contributed by atoms with Crippen LogP contribution in [0, 0.1) is 6.92 Å². The monoisotopic (exact) mass is 332 g/mol. The number of nitrogens with one attached hydrogen (secondary N) is 1. The average molecular weight is 332 g/mol. The molecule has 120 valence electrons. The minimum absolute atomic E-state index is 0.262. The normalized spacial score (nSPS) is 13.7. The molecule has 0 saturated heterocycles. The number of anilines is 2. The number of aryl methyl sites for hydroxylation is 1. The summed E-state index contributed by atoms with van der Waals surface area (Å²) >= 11 is 0. The van der Waals surface area contributed by atoms with Crippen molar-refractivity contribution in [3.8, 4) is 11.5 Å². The fourth-order valence-corrected chi connectivity index (χ4v) is 3.00. The van der Waals surface area contributed by atoms with E-state index in [1.54, 1.807) is 19.2 Å². The van der Waals surface area contributed by atoms with Gasteiger partial charge in [-0.25, -0.2) is 8.42 Å². The minimum Gasteiger partial charge on any atom is -0.454 e. The predicted octanol–water partition coefficient (Wildman–Crippen LogP) is 2.75. The molecule has 23 heavy (non-hydrogen) atoms. The molecule has 6 nitrogen and oxygen atoms in total. The summed E-state index contributed by atoms with van der Waals surface area (Å²) in [7, 11) is -1.76. The van der Waals surface area contributed by atoms with Gasteiger partial charge in [-0.2, -0.15) is 0 Å². The lowest BCUT2D eigenvalue weighted by Gasteiger charge is -2.16. The molecule has 2 aromatic carbocycles. The first-order valence-electron chi connectivity index (χ1n) is 6.93. The van der Waals surface area contributed by atoms with Crippen molar-refractivity contribution in [1.82, 2.24) is 0 Å². The number of fused-ring (bicyclic) bond motifs is 2. The zero-order valence-corrected chi connectivity index (χ0v) is 13.8. The number of sulfonamides is 1. The van der Waals surface area contributed by atoms with Crippen LogP contribution in [0.3, 0.4) is 0 Å². The molecule has 0 bridgehead atoms. The third-order valence-electron chi connectivity index (χ3n) is 3.51.